The van der Waals surface area contributed by atoms with E-state index in [0.717, 1.165) is 28.2 Å². The van der Waals surface area contributed by atoms with Gasteiger partial charge in [-0.25, -0.2) is 4.98 Å². The number of halogens is 1. The van der Waals surface area contributed by atoms with Crippen molar-refractivity contribution >= 4 is 34.7 Å². The number of benzene rings is 1. The molecule has 0 radical (unpaired) electrons. The third-order valence-corrected chi connectivity index (χ3v) is 4.22. The Morgan fingerprint density at radius 1 is 1.29 bits per heavy atom. The third-order valence-electron chi connectivity index (χ3n) is 2.09. The van der Waals surface area contributed by atoms with Gasteiger partial charge in [0.2, 0.25) is 0 Å². The van der Waals surface area contributed by atoms with Crippen LogP contribution < -0.4 is 5.32 Å². The van der Waals surface area contributed by atoms with Crippen molar-refractivity contribution in [1.82, 2.24) is 10.3 Å². The molecule has 1 N–H and O–H groups in total. The van der Waals surface area contributed by atoms with Crippen LogP contribution in [0.3, 0.4) is 0 Å². The fraction of sp³-hybridized carbons (Fsp3) is 0.250. The first kappa shape index (κ1) is 12.9. The lowest BCUT2D eigenvalue weighted by atomic mass is 10.4. The van der Waals surface area contributed by atoms with Crippen molar-refractivity contribution in [3.05, 3.63) is 45.9 Å². The van der Waals surface area contributed by atoms with E-state index in [1.165, 1.54) is 16.2 Å². The number of nitrogens with zero attached hydrogens (tertiary/aromatic N) is 1. The smallest absolute Gasteiger partial charge is 0.113 e. The zero-order valence-electron chi connectivity index (χ0n) is 9.23. The predicted octanol–water partition coefficient (Wildman–Crippen LogP) is 3.68. The lowest BCUT2D eigenvalue weighted by Gasteiger charge is -2.02. The van der Waals surface area contributed by atoms with Crippen molar-refractivity contribution in [2.45, 2.75) is 11.4 Å². The molecule has 5 heteroatoms. The third kappa shape index (κ3) is 4.68. The van der Waals surface area contributed by atoms with E-state index in [0.29, 0.717) is 0 Å². The highest BCUT2D eigenvalue weighted by atomic mass is 35.5. The Kier molecular flexibility index (Phi) is 5.32. The summed E-state index contributed by atoms with van der Waals surface area (Å²) in [6.45, 7) is 1.77. The number of hydrogen-bond donors (Lipinski definition) is 1. The monoisotopic (exact) mass is 284 g/mol. The fourth-order valence-corrected chi connectivity index (χ4v) is 3.08. The molecule has 0 amide bonds. The summed E-state index contributed by atoms with van der Waals surface area (Å²) >= 11 is 9.19. The second-order valence-corrected chi connectivity index (χ2v) is 6.31. The summed E-state index contributed by atoms with van der Waals surface area (Å²) in [5.74, 6) is 1.06. The van der Waals surface area contributed by atoms with Crippen LogP contribution in [0.2, 0.25) is 4.34 Å². The van der Waals surface area contributed by atoms with E-state index in [4.69, 9.17) is 11.6 Å². The Morgan fingerprint density at radius 3 is 2.82 bits per heavy atom. The van der Waals surface area contributed by atoms with Crippen LogP contribution in [-0.2, 0) is 6.54 Å². The Hall–Kier alpha value is -0.550. The Morgan fingerprint density at radius 2 is 2.12 bits per heavy atom. The van der Waals surface area contributed by atoms with Gasteiger partial charge >= 0.3 is 0 Å². The second kappa shape index (κ2) is 7.01. The summed E-state index contributed by atoms with van der Waals surface area (Å²) in [6, 6.07) is 10.4. The van der Waals surface area contributed by atoms with E-state index in [-0.39, 0.29) is 0 Å². The number of hydrogen-bond acceptors (Lipinski definition) is 4. The minimum atomic E-state index is 0.750. The molecule has 0 aliphatic heterocycles. The number of thiazole rings is 1. The minimum absolute atomic E-state index is 0.750. The van der Waals surface area contributed by atoms with Crippen LogP contribution in [0.15, 0.2) is 41.4 Å². The van der Waals surface area contributed by atoms with Gasteiger partial charge in [0.05, 0.1) is 6.20 Å². The molecule has 90 valence electrons. The van der Waals surface area contributed by atoms with E-state index in [1.54, 1.807) is 6.20 Å². The molecule has 1 aromatic carbocycles. The number of aromatic nitrogens is 1. The van der Waals surface area contributed by atoms with Gasteiger partial charge in [0.25, 0.3) is 0 Å². The standard InChI is InChI=1S/C12H13ClN2S2/c13-11-8-15-12(17-11)9-14-6-7-16-10-4-2-1-3-5-10/h1-5,8,14H,6-7,9H2. The summed E-state index contributed by atoms with van der Waals surface area (Å²) in [6.07, 6.45) is 1.70. The molecule has 2 aromatic rings. The molecule has 0 bridgehead atoms. The van der Waals surface area contributed by atoms with Crippen LogP contribution >= 0.6 is 34.7 Å². The molecule has 0 atom stereocenters. The van der Waals surface area contributed by atoms with Gasteiger partial charge in [0.15, 0.2) is 0 Å². The Bertz CT molecular complexity index is 445. The molecule has 2 rings (SSSR count). The molecule has 0 unspecified atom stereocenters. The summed E-state index contributed by atoms with van der Waals surface area (Å²) in [4.78, 5) is 5.50. The summed E-state index contributed by atoms with van der Waals surface area (Å²) in [5.41, 5.74) is 0. The van der Waals surface area contributed by atoms with Gasteiger partial charge in [-0.1, -0.05) is 29.8 Å². The second-order valence-electron chi connectivity index (χ2n) is 3.40. The quantitative estimate of drug-likeness (QED) is 0.647. The lowest BCUT2D eigenvalue weighted by Crippen LogP contribution is -2.16. The van der Waals surface area contributed by atoms with Crippen molar-refractivity contribution in [3.8, 4) is 0 Å². The van der Waals surface area contributed by atoms with Gasteiger partial charge in [-0.2, -0.15) is 0 Å². The zero-order chi connectivity index (χ0) is 11.9. The van der Waals surface area contributed by atoms with Crippen molar-refractivity contribution in [3.63, 3.8) is 0 Å². The van der Waals surface area contributed by atoms with Gasteiger partial charge in [-0.05, 0) is 12.1 Å². The van der Waals surface area contributed by atoms with E-state index >= 15 is 0 Å². The van der Waals surface area contributed by atoms with Crippen LogP contribution in [0.5, 0.6) is 0 Å². The van der Waals surface area contributed by atoms with E-state index in [1.807, 2.05) is 17.8 Å². The maximum Gasteiger partial charge on any atom is 0.113 e. The van der Waals surface area contributed by atoms with E-state index in [2.05, 4.69) is 34.6 Å². The van der Waals surface area contributed by atoms with Crippen LogP contribution in [-0.4, -0.2) is 17.3 Å². The largest absolute Gasteiger partial charge is 0.310 e. The first-order chi connectivity index (χ1) is 8.34. The van der Waals surface area contributed by atoms with Crippen LogP contribution in [0.1, 0.15) is 5.01 Å². The average Bonchev–Trinajstić information content (AvgIpc) is 2.76. The van der Waals surface area contributed by atoms with Gasteiger partial charge in [-0.3, -0.25) is 0 Å². The highest BCUT2D eigenvalue weighted by molar-refractivity contribution is 7.99. The van der Waals surface area contributed by atoms with Gasteiger partial charge in [0.1, 0.15) is 9.34 Å². The summed E-state index contributed by atoms with van der Waals surface area (Å²) < 4.78 is 0.750. The molecular formula is C12H13ClN2S2. The summed E-state index contributed by atoms with van der Waals surface area (Å²) in [5, 5.41) is 4.40. The highest BCUT2D eigenvalue weighted by Crippen LogP contribution is 2.18. The Labute approximate surface area is 114 Å². The molecular weight excluding hydrogens is 272 g/mol. The maximum atomic E-state index is 5.80. The molecule has 0 saturated heterocycles. The van der Waals surface area contributed by atoms with E-state index < -0.39 is 0 Å². The lowest BCUT2D eigenvalue weighted by molar-refractivity contribution is 0.727. The highest BCUT2D eigenvalue weighted by Gasteiger charge is 1.98. The molecule has 0 spiro atoms. The topological polar surface area (TPSA) is 24.9 Å². The van der Waals surface area contributed by atoms with Gasteiger partial charge < -0.3 is 5.32 Å². The van der Waals surface area contributed by atoms with Crippen molar-refractivity contribution < 1.29 is 0 Å². The maximum absolute atomic E-state index is 5.80. The minimum Gasteiger partial charge on any atom is -0.310 e. The molecule has 0 fully saturated rings. The number of thioether (sulfide) groups is 1. The average molecular weight is 285 g/mol. The summed E-state index contributed by atoms with van der Waals surface area (Å²) in [7, 11) is 0. The molecule has 0 aliphatic carbocycles. The molecule has 0 saturated carbocycles. The molecule has 1 aromatic heterocycles. The SMILES string of the molecule is Clc1cnc(CNCCSc2ccccc2)s1. The molecule has 2 nitrogen and oxygen atoms in total. The predicted molar refractivity (Wildman–Crippen MR) is 76.0 cm³/mol. The molecule has 1 heterocycles. The number of nitrogens with one attached hydrogen (secondary N) is 1. The van der Waals surface area contributed by atoms with Crippen molar-refractivity contribution in [2.75, 3.05) is 12.3 Å². The van der Waals surface area contributed by atoms with Crippen LogP contribution in [0.25, 0.3) is 0 Å². The van der Waals surface area contributed by atoms with Crippen LogP contribution in [0, 0.1) is 0 Å². The first-order valence-corrected chi connectivity index (χ1v) is 7.51. The Balaban J connectivity index is 1.61. The molecule has 0 aliphatic rings. The van der Waals surface area contributed by atoms with Gasteiger partial charge in [-0.15, -0.1) is 23.1 Å². The molecule has 17 heavy (non-hydrogen) atoms. The number of rotatable bonds is 6. The normalized spacial score (nSPS) is 10.6. The van der Waals surface area contributed by atoms with Crippen molar-refractivity contribution in [2.24, 2.45) is 0 Å². The fourth-order valence-electron chi connectivity index (χ4n) is 1.32. The van der Waals surface area contributed by atoms with Crippen molar-refractivity contribution in [1.29, 1.82) is 0 Å². The van der Waals surface area contributed by atoms with E-state index in [9.17, 15) is 0 Å². The van der Waals surface area contributed by atoms with Crippen LogP contribution in [0.4, 0.5) is 0 Å². The van der Waals surface area contributed by atoms with Gasteiger partial charge in [0, 0.05) is 23.7 Å². The zero-order valence-corrected chi connectivity index (χ0v) is 11.6. The first-order valence-electron chi connectivity index (χ1n) is 5.33.